The van der Waals surface area contributed by atoms with Gasteiger partial charge in [-0.15, -0.1) is 0 Å². The summed E-state index contributed by atoms with van der Waals surface area (Å²) in [6.45, 7) is 11.2. The van der Waals surface area contributed by atoms with Gasteiger partial charge in [-0.3, -0.25) is 0 Å². The summed E-state index contributed by atoms with van der Waals surface area (Å²) in [4.78, 5) is 0. The number of ether oxygens (including phenoxy) is 1. The summed E-state index contributed by atoms with van der Waals surface area (Å²) in [6.07, 6.45) is 0. The van der Waals surface area contributed by atoms with Crippen molar-refractivity contribution < 1.29 is 4.74 Å². The van der Waals surface area contributed by atoms with Crippen LogP contribution in [0, 0.1) is 26.7 Å². The van der Waals surface area contributed by atoms with Gasteiger partial charge in [0.1, 0.15) is 5.75 Å². The molecule has 0 saturated heterocycles. The standard InChI is InChI=1S/C20H26O/c1-13(2)20(19-11-14(3)7-8-15(19)4)18-10-9-17(21-6)12-16(18)5/h7-13,20H,1-6H3. The van der Waals surface area contributed by atoms with Crippen molar-refractivity contribution in [1.29, 1.82) is 0 Å². The van der Waals surface area contributed by atoms with E-state index in [0.29, 0.717) is 11.8 Å². The average molecular weight is 282 g/mol. The van der Waals surface area contributed by atoms with E-state index >= 15 is 0 Å². The fourth-order valence-electron chi connectivity index (χ4n) is 3.10. The van der Waals surface area contributed by atoms with E-state index < -0.39 is 0 Å². The van der Waals surface area contributed by atoms with Gasteiger partial charge in [-0.25, -0.2) is 0 Å². The van der Waals surface area contributed by atoms with E-state index in [-0.39, 0.29) is 0 Å². The fraction of sp³-hybridized carbons (Fsp3) is 0.400. The molecule has 1 nitrogen and oxygen atoms in total. The van der Waals surface area contributed by atoms with Gasteiger partial charge >= 0.3 is 0 Å². The number of methoxy groups -OCH3 is 1. The quantitative estimate of drug-likeness (QED) is 0.728. The lowest BCUT2D eigenvalue weighted by Gasteiger charge is -2.26. The zero-order valence-electron chi connectivity index (χ0n) is 14.0. The Bertz CT molecular complexity index is 626. The molecule has 2 aromatic rings. The van der Waals surface area contributed by atoms with Crippen molar-refractivity contribution in [3.05, 3.63) is 64.2 Å². The summed E-state index contributed by atoms with van der Waals surface area (Å²) < 4.78 is 5.34. The van der Waals surface area contributed by atoms with Crippen LogP contribution in [-0.2, 0) is 0 Å². The maximum Gasteiger partial charge on any atom is 0.119 e. The van der Waals surface area contributed by atoms with E-state index in [1.165, 1.54) is 27.8 Å². The van der Waals surface area contributed by atoms with Crippen LogP contribution in [0.25, 0.3) is 0 Å². The third-order valence-corrected chi connectivity index (χ3v) is 4.25. The molecule has 0 bridgehead atoms. The minimum Gasteiger partial charge on any atom is -0.497 e. The molecule has 1 heteroatoms. The maximum absolute atomic E-state index is 5.34. The summed E-state index contributed by atoms with van der Waals surface area (Å²) in [5, 5.41) is 0. The highest BCUT2D eigenvalue weighted by Crippen LogP contribution is 2.36. The number of hydrogen-bond donors (Lipinski definition) is 0. The van der Waals surface area contributed by atoms with Crippen LogP contribution in [0.1, 0.15) is 47.6 Å². The van der Waals surface area contributed by atoms with Crippen molar-refractivity contribution in [3.63, 3.8) is 0 Å². The Morgan fingerprint density at radius 2 is 1.52 bits per heavy atom. The Balaban J connectivity index is 2.56. The molecule has 2 aromatic carbocycles. The Morgan fingerprint density at radius 1 is 0.810 bits per heavy atom. The first kappa shape index (κ1) is 15.6. The average Bonchev–Trinajstić information content (AvgIpc) is 2.44. The highest BCUT2D eigenvalue weighted by atomic mass is 16.5. The third-order valence-electron chi connectivity index (χ3n) is 4.25. The fourth-order valence-corrected chi connectivity index (χ4v) is 3.10. The lowest BCUT2D eigenvalue weighted by molar-refractivity contribution is 0.414. The molecule has 2 rings (SSSR count). The molecule has 0 saturated carbocycles. The molecule has 112 valence electrons. The van der Waals surface area contributed by atoms with Crippen molar-refractivity contribution >= 4 is 0 Å². The highest BCUT2D eigenvalue weighted by Gasteiger charge is 2.22. The predicted octanol–water partition coefficient (Wildman–Crippen LogP) is 5.41. The second-order valence-electron chi connectivity index (χ2n) is 6.30. The smallest absolute Gasteiger partial charge is 0.119 e. The van der Waals surface area contributed by atoms with Crippen molar-refractivity contribution in [2.75, 3.05) is 7.11 Å². The first-order chi connectivity index (χ1) is 9.93. The van der Waals surface area contributed by atoms with E-state index in [0.717, 1.165) is 5.75 Å². The maximum atomic E-state index is 5.34. The van der Waals surface area contributed by atoms with Crippen LogP contribution in [0.15, 0.2) is 36.4 Å². The molecule has 0 fully saturated rings. The van der Waals surface area contributed by atoms with Gasteiger partial charge in [-0.1, -0.05) is 43.7 Å². The Morgan fingerprint density at radius 3 is 2.10 bits per heavy atom. The molecule has 0 amide bonds. The first-order valence-electron chi connectivity index (χ1n) is 7.65. The van der Waals surface area contributed by atoms with Crippen LogP contribution in [0.3, 0.4) is 0 Å². The summed E-state index contributed by atoms with van der Waals surface area (Å²) in [6, 6.07) is 13.2. The van der Waals surface area contributed by atoms with Gasteiger partial charge < -0.3 is 4.74 Å². The molecule has 0 N–H and O–H groups in total. The van der Waals surface area contributed by atoms with Gasteiger partial charge in [0.15, 0.2) is 0 Å². The molecule has 1 atom stereocenters. The number of rotatable bonds is 4. The molecule has 0 spiro atoms. The second kappa shape index (κ2) is 6.34. The molecule has 0 radical (unpaired) electrons. The van der Waals surface area contributed by atoms with Crippen LogP contribution in [-0.4, -0.2) is 7.11 Å². The molecule has 0 aliphatic carbocycles. The first-order valence-corrected chi connectivity index (χ1v) is 7.65. The summed E-state index contributed by atoms with van der Waals surface area (Å²) in [7, 11) is 1.72. The monoisotopic (exact) mass is 282 g/mol. The summed E-state index contributed by atoms with van der Waals surface area (Å²) in [5.74, 6) is 1.91. The van der Waals surface area contributed by atoms with Crippen LogP contribution in [0.4, 0.5) is 0 Å². The predicted molar refractivity (Wildman–Crippen MR) is 90.3 cm³/mol. The molecule has 0 aromatic heterocycles. The SMILES string of the molecule is COc1ccc(C(c2cc(C)ccc2C)C(C)C)c(C)c1. The van der Waals surface area contributed by atoms with Gasteiger partial charge in [0.25, 0.3) is 0 Å². The van der Waals surface area contributed by atoms with E-state index in [1.807, 2.05) is 0 Å². The minimum absolute atomic E-state index is 0.427. The van der Waals surface area contributed by atoms with E-state index in [4.69, 9.17) is 4.74 Å². The zero-order chi connectivity index (χ0) is 15.6. The number of hydrogen-bond acceptors (Lipinski definition) is 1. The largest absolute Gasteiger partial charge is 0.497 e. The number of benzene rings is 2. The molecular weight excluding hydrogens is 256 g/mol. The lowest BCUT2D eigenvalue weighted by atomic mass is 9.78. The van der Waals surface area contributed by atoms with Crippen molar-refractivity contribution in [2.24, 2.45) is 5.92 Å². The van der Waals surface area contributed by atoms with Gasteiger partial charge in [-0.2, -0.15) is 0 Å². The van der Waals surface area contributed by atoms with Gasteiger partial charge in [0, 0.05) is 5.92 Å². The van der Waals surface area contributed by atoms with Crippen molar-refractivity contribution in [1.82, 2.24) is 0 Å². The summed E-state index contributed by atoms with van der Waals surface area (Å²) in [5.41, 5.74) is 6.84. The molecule has 0 aliphatic heterocycles. The van der Waals surface area contributed by atoms with Crippen molar-refractivity contribution in [2.45, 2.75) is 40.5 Å². The molecular formula is C20H26O. The van der Waals surface area contributed by atoms with Crippen LogP contribution in [0.2, 0.25) is 0 Å². The zero-order valence-corrected chi connectivity index (χ0v) is 14.0. The van der Waals surface area contributed by atoms with Crippen LogP contribution < -0.4 is 4.74 Å². The Labute approximate surface area is 129 Å². The van der Waals surface area contributed by atoms with Crippen LogP contribution >= 0.6 is 0 Å². The lowest BCUT2D eigenvalue weighted by Crippen LogP contribution is -2.12. The Kier molecular flexibility index (Phi) is 4.72. The Hall–Kier alpha value is -1.76. The molecule has 1 unspecified atom stereocenters. The van der Waals surface area contributed by atoms with E-state index in [9.17, 15) is 0 Å². The topological polar surface area (TPSA) is 9.23 Å². The molecule has 0 aliphatic rings. The van der Waals surface area contributed by atoms with E-state index in [1.54, 1.807) is 7.11 Å². The van der Waals surface area contributed by atoms with Gasteiger partial charge in [0.2, 0.25) is 0 Å². The van der Waals surface area contributed by atoms with E-state index in [2.05, 4.69) is 71.0 Å². The van der Waals surface area contributed by atoms with Gasteiger partial charge in [0.05, 0.1) is 7.11 Å². The normalized spacial score (nSPS) is 12.5. The van der Waals surface area contributed by atoms with Crippen molar-refractivity contribution in [3.8, 4) is 5.75 Å². The molecule has 21 heavy (non-hydrogen) atoms. The highest BCUT2D eigenvalue weighted by molar-refractivity contribution is 5.45. The van der Waals surface area contributed by atoms with Crippen LogP contribution in [0.5, 0.6) is 5.75 Å². The van der Waals surface area contributed by atoms with Gasteiger partial charge in [-0.05, 0) is 61.1 Å². The summed E-state index contributed by atoms with van der Waals surface area (Å²) >= 11 is 0. The third kappa shape index (κ3) is 3.29. The number of aryl methyl sites for hydroxylation is 3. The minimum atomic E-state index is 0.427. The molecule has 0 heterocycles. The second-order valence-corrected chi connectivity index (χ2v) is 6.30.